The molecule has 0 saturated carbocycles. The van der Waals surface area contributed by atoms with Gasteiger partial charge in [0.1, 0.15) is 244 Å². The lowest BCUT2D eigenvalue weighted by Gasteiger charge is -2.53. The van der Waals surface area contributed by atoms with Crippen molar-refractivity contribution in [1.29, 1.82) is 0 Å². The Morgan fingerprint density at radius 3 is 1.30 bits per heavy atom. The highest BCUT2D eigenvalue weighted by Crippen LogP contribution is 2.53. The van der Waals surface area contributed by atoms with Crippen LogP contribution in [0.4, 0.5) is 0 Å². The maximum absolute atomic E-state index is 14.4. The van der Waals surface area contributed by atoms with Gasteiger partial charge in [0.05, 0.1) is 103 Å². The van der Waals surface area contributed by atoms with Crippen molar-refractivity contribution in [3.63, 3.8) is 0 Å². The molecular formula is C72H127N3O70P4. The van der Waals surface area contributed by atoms with Crippen LogP contribution in [0.3, 0.4) is 0 Å². The van der Waals surface area contributed by atoms with Gasteiger partial charge in [0.15, 0.2) is 56.6 Å². The summed E-state index contributed by atoms with van der Waals surface area (Å²) < 4.78 is 195. The molecule has 11 heterocycles. The molecular weight excluding hydrogens is 2150 g/mol. The molecule has 0 amide bonds. The average Bonchev–Trinajstić information content (AvgIpc) is 1.09. The Morgan fingerprint density at radius 2 is 0.752 bits per heavy atom. The number of carboxylic acid groups (broad SMARTS) is 2. The van der Waals surface area contributed by atoms with Crippen LogP contribution in [0.15, 0.2) is 0 Å². The molecule has 57 atom stereocenters. The summed E-state index contributed by atoms with van der Waals surface area (Å²) in [6.45, 7) is -13.8. The second-order valence-corrected chi connectivity index (χ2v) is 41.1. The van der Waals surface area contributed by atoms with Crippen LogP contribution in [-0.4, -0.2) is 624 Å². The van der Waals surface area contributed by atoms with Crippen LogP contribution in [0, 0.1) is 0 Å². The van der Waals surface area contributed by atoms with Gasteiger partial charge in [0.25, 0.3) is 11.6 Å². The fourth-order valence-corrected chi connectivity index (χ4v) is 20.4. The van der Waals surface area contributed by atoms with Crippen molar-refractivity contribution in [2.45, 2.75) is 369 Å². The highest BCUT2D eigenvalue weighted by Gasteiger charge is 2.68. The lowest BCUT2D eigenvalue weighted by Crippen LogP contribution is -2.71. The van der Waals surface area contributed by atoms with E-state index in [0.29, 0.717) is 0 Å². The Bertz CT molecular complexity index is 4420. The molecule has 77 heteroatoms. The third-order valence-corrected chi connectivity index (χ3v) is 28.1. The number of carbonyl (C=O) groups is 2. The first-order chi connectivity index (χ1) is 69.4. The number of hydrogen-bond acceptors (Lipinski definition) is 63. The van der Waals surface area contributed by atoms with Crippen molar-refractivity contribution in [1.82, 2.24) is 0 Å². The molecule has 11 fully saturated rings. The molecule has 73 nitrogen and oxygen atoms in total. The van der Waals surface area contributed by atoms with E-state index in [1.54, 1.807) is 0 Å². The summed E-state index contributed by atoms with van der Waals surface area (Å²) in [5.74, 6) is -13.0. The number of nitrogens with two attached hydrogens (primary N) is 3. The first-order valence-corrected chi connectivity index (χ1v) is 51.2. The van der Waals surface area contributed by atoms with E-state index in [1.165, 1.54) is 0 Å². The first-order valence-electron chi connectivity index (χ1n) is 45.0. The molecule has 45 N–H and O–H groups in total. The zero-order valence-corrected chi connectivity index (χ0v) is 80.4. The van der Waals surface area contributed by atoms with Crippen LogP contribution in [0.2, 0.25) is 0 Å². The second kappa shape index (κ2) is 51.9. The fourth-order valence-electron chi connectivity index (χ4n) is 18.1. The fraction of sp³-hybridized carbons (Fsp3) is 0.972. The van der Waals surface area contributed by atoms with Crippen LogP contribution in [-0.2, 0) is 145 Å². The number of aliphatic carboxylic acids is 2. The van der Waals surface area contributed by atoms with Gasteiger partial charge in [-0.15, -0.1) is 0 Å². The van der Waals surface area contributed by atoms with Gasteiger partial charge < -0.3 is 314 Å². The molecule has 0 aromatic rings. The van der Waals surface area contributed by atoms with E-state index in [2.05, 4.69) is 0 Å². The number of carboxylic acids is 2. The van der Waals surface area contributed by atoms with E-state index in [1.807, 2.05) is 0 Å². The van der Waals surface area contributed by atoms with E-state index >= 15 is 0 Å². The Morgan fingerprint density at radius 1 is 0.329 bits per heavy atom. The van der Waals surface area contributed by atoms with Gasteiger partial charge in [-0.3, -0.25) is 18.1 Å². The highest BCUT2D eigenvalue weighted by molar-refractivity contribution is 7.47. The van der Waals surface area contributed by atoms with E-state index in [9.17, 15) is 225 Å². The Hall–Kier alpha value is -2.74. The molecule has 11 rings (SSSR count). The van der Waals surface area contributed by atoms with Gasteiger partial charge in [-0.25, -0.2) is 27.8 Å². The highest BCUT2D eigenvalue weighted by atomic mass is 31.2. The van der Waals surface area contributed by atoms with Gasteiger partial charge in [-0.2, -0.15) is 0 Å². The summed E-state index contributed by atoms with van der Waals surface area (Å²) in [6.07, 6.45) is -137. The molecule has 0 aromatic carbocycles. The predicted molar refractivity (Wildman–Crippen MR) is 445 cm³/mol. The molecule has 0 bridgehead atoms. The first kappa shape index (κ1) is 126. The van der Waals surface area contributed by atoms with Crippen LogP contribution in [0.5, 0.6) is 0 Å². The van der Waals surface area contributed by atoms with Crippen molar-refractivity contribution in [2.75, 3.05) is 66.1 Å². The molecule has 12 unspecified atom stereocenters. The lowest BCUT2D eigenvalue weighted by molar-refractivity contribution is -0.408. The van der Waals surface area contributed by atoms with E-state index in [4.69, 9.17) is 135 Å². The third-order valence-electron chi connectivity index (χ3n) is 26.0. The van der Waals surface area contributed by atoms with Crippen LogP contribution in [0.1, 0.15) is 19.8 Å². The SMILES string of the molecule is C[C@@H]1O[C@@H](O[C@@H]2[C@@H](O)[C@H](O[C@@H]3[C@@H](N)[C@@H](OC4C(O)C(OC5C(OP(=O)(O)O)C(O[C@H]6[C@@H]([C@H](O)CO)O[C@@](OC[C@H]7O[C@@H](OC[C@H]8O[C@H](O)[C@H](N)[C@@H](O)[C@@H]8O)[C@H](N)[C@@H](O)[C@@H]7OP(=O)(O)O)(C(=O)O)C[C@H]6O[C@]6(C(=O)O)C[C@@H](O)[C@@H](O)[C@@H]([C@H](O)CO)O6)OC(C(O)CO)C5OP(=O)(O)O)OC(C(CO)OP(=O)(O)O)C4O)O[C@H](CO)[C@@H]3O[C@H]3O[C@H](CO)[C@@H](O)[C@H](O)[C@H]3O)O[C@H](CO[C@H]3O[C@H](CO)[C@@H](O)[C@H](O)[C@H]3O)[C@H]2O)[C@H](O)[C@H](O)[C@H]1O. The van der Waals surface area contributed by atoms with Crippen molar-refractivity contribution >= 4 is 43.2 Å². The minimum Gasteiger partial charge on any atom is -0.477 e. The number of rotatable bonds is 44. The summed E-state index contributed by atoms with van der Waals surface area (Å²) in [5, 5.41) is 346. The smallest absolute Gasteiger partial charge is 0.470 e. The Balaban J connectivity index is 1.02. The van der Waals surface area contributed by atoms with E-state index in [0.717, 1.165) is 6.92 Å². The van der Waals surface area contributed by atoms with Gasteiger partial charge in [-0.05, 0) is 6.92 Å². The van der Waals surface area contributed by atoms with E-state index in [-0.39, 0.29) is 0 Å². The topological polar surface area (TPSA) is 1200 Å². The van der Waals surface area contributed by atoms with Gasteiger partial charge in [0, 0.05) is 12.8 Å². The summed E-state index contributed by atoms with van der Waals surface area (Å²) in [7, 11) is -25.6. The number of aliphatic hydroxyl groups excluding tert-OH is 29. The molecule has 0 aliphatic carbocycles. The maximum atomic E-state index is 14.4. The van der Waals surface area contributed by atoms with Crippen molar-refractivity contribution < 1.29 is 343 Å². The van der Waals surface area contributed by atoms with Crippen LogP contribution in [0.25, 0.3) is 0 Å². The van der Waals surface area contributed by atoms with Gasteiger partial charge in [-0.1, -0.05) is 0 Å². The molecule has 11 saturated heterocycles. The zero-order chi connectivity index (χ0) is 111. The maximum Gasteiger partial charge on any atom is 0.470 e. The number of aliphatic hydroxyl groups is 29. The molecule has 0 radical (unpaired) electrons. The van der Waals surface area contributed by atoms with Crippen molar-refractivity contribution in [2.24, 2.45) is 17.2 Å². The van der Waals surface area contributed by atoms with Crippen molar-refractivity contribution in [3.8, 4) is 0 Å². The molecule has 149 heavy (non-hydrogen) atoms. The standard InChI is InChI=1S/C72H127N3O70P4/c1-14-30(87)38(95)42(99)64(124-14)137-55-35(92)25(12-122-63-41(98)39(96)32(89)20(7-79)126-63)129-66(45(55)102)135-54-29(75)62(128-22(9-81)53(54)133-65-43(100)40(97)33(90)21(8-80)127-65)136-56-44(101)50(23(10-82)142-146(109,110)111)132-67(46(56)103)138-57-58(144-148(115,116)117)48(17(85)5-77)131-68(59(57)145-149(118,119)120)134-52-19(139-72(70(107)108)2-15(83)31(88)47(140-72)16(84)4-76)3-71(69(105)106,141-49(52)18(86)6-78)123-13-26-51(143-147(112,113)114)37(94)28(74)61(130-26)121-11-24-34(91)36(93)27(73)60(104)125-24/h14-68,76-104H,2-13,73-75H2,1H3,(H,105,106)(H,107,108)(H2,109,110,111)(H2,112,113,114)(H2,115,116,117)(H2,118,119,120)/t14-,15+,16+,17?,18+,19+,20+,21+,22+,23?,24+,25+,26+,27+,28+,29+,30-,31+,32+,33+,34+,35+,36+,37+,38+,39-,40-,41+,42+,43+,44?,45+,46?,47+,48?,49+,50?,51+,52+,53-,54+,55-,56?,57?,58?,59?,60-,61+,62+,63-,64-,65+,66-,67?,68?,71+,72+/m0/s1. The molecule has 11 aliphatic heterocycles. The largest absolute Gasteiger partial charge is 0.477 e. The number of hydrogen-bond donors (Lipinski definition) is 42. The quantitative estimate of drug-likeness (QED) is 0.0252. The average molecular weight is 2280 g/mol. The molecule has 0 aromatic heterocycles. The number of phosphoric acid groups is 4. The minimum absolute atomic E-state index is 1.04. The van der Waals surface area contributed by atoms with Crippen molar-refractivity contribution in [3.05, 3.63) is 0 Å². The van der Waals surface area contributed by atoms with Gasteiger partial charge in [0.2, 0.25) is 0 Å². The zero-order valence-electron chi connectivity index (χ0n) is 76.9. The lowest BCUT2D eigenvalue weighted by atomic mass is 9.89. The summed E-state index contributed by atoms with van der Waals surface area (Å²) in [5.41, 5.74) is 18.8. The minimum atomic E-state index is -6.78. The second-order valence-electron chi connectivity index (χ2n) is 36.3. The normalized spacial score (nSPS) is 47.5. The van der Waals surface area contributed by atoms with Crippen LogP contribution < -0.4 is 17.2 Å². The summed E-state index contributed by atoms with van der Waals surface area (Å²) in [4.78, 5) is 113. The number of ether oxygens (including phenoxy) is 21. The van der Waals surface area contributed by atoms with Gasteiger partial charge >= 0.3 is 43.2 Å². The summed E-state index contributed by atoms with van der Waals surface area (Å²) >= 11 is 0. The van der Waals surface area contributed by atoms with Crippen LogP contribution >= 0.6 is 31.3 Å². The Kier molecular flexibility index (Phi) is 44.1. The Labute approximate surface area is 835 Å². The number of phosphoric ester groups is 4. The molecule has 11 aliphatic rings. The summed E-state index contributed by atoms with van der Waals surface area (Å²) in [6, 6.07) is -6.32. The molecule has 870 valence electrons. The monoisotopic (exact) mass is 2280 g/mol. The third kappa shape index (κ3) is 29.1. The predicted octanol–water partition coefficient (Wildman–Crippen LogP) is -25.2. The van der Waals surface area contributed by atoms with E-state index < -0.39 is 471 Å². The molecule has 0 spiro atoms.